The second-order valence-corrected chi connectivity index (χ2v) is 3.99. The van der Waals surface area contributed by atoms with Gasteiger partial charge >= 0.3 is 0 Å². The standard InChI is InChI=1S/C8H12/c1-4-5-2-7(5)8-3-6(4)8/h4-8H,2-3H2,1H3/t5-,6-,7+,8+/m1/s1. The predicted octanol–water partition coefficient (Wildman–Crippen LogP) is 1.91. The van der Waals surface area contributed by atoms with Gasteiger partial charge in [0, 0.05) is 0 Å². The van der Waals surface area contributed by atoms with Gasteiger partial charge in [-0.05, 0) is 42.4 Å². The predicted molar refractivity (Wildman–Crippen MR) is 32.4 cm³/mol. The highest BCUT2D eigenvalue weighted by atomic mass is 14.7. The zero-order chi connectivity index (χ0) is 5.30. The summed E-state index contributed by atoms with van der Waals surface area (Å²) in [6, 6.07) is 0. The van der Waals surface area contributed by atoms with Crippen molar-refractivity contribution in [2.24, 2.45) is 29.6 Å². The molecule has 0 amide bonds. The van der Waals surface area contributed by atoms with Crippen LogP contribution in [-0.2, 0) is 0 Å². The highest BCUT2D eigenvalue weighted by Crippen LogP contribution is 2.72. The zero-order valence-electron chi connectivity index (χ0n) is 5.30. The van der Waals surface area contributed by atoms with Crippen molar-refractivity contribution in [3.8, 4) is 0 Å². The van der Waals surface area contributed by atoms with Gasteiger partial charge in [-0.15, -0.1) is 0 Å². The molecule has 0 aromatic rings. The lowest BCUT2D eigenvalue weighted by atomic mass is 10.0. The highest BCUT2D eigenvalue weighted by molar-refractivity contribution is 5.13. The van der Waals surface area contributed by atoms with Crippen LogP contribution in [0.25, 0.3) is 0 Å². The van der Waals surface area contributed by atoms with Gasteiger partial charge in [-0.25, -0.2) is 0 Å². The normalized spacial score (nSPS) is 67.1. The van der Waals surface area contributed by atoms with Crippen molar-refractivity contribution in [3.05, 3.63) is 0 Å². The van der Waals surface area contributed by atoms with Gasteiger partial charge in [-0.1, -0.05) is 6.92 Å². The molecule has 0 bridgehead atoms. The van der Waals surface area contributed by atoms with Crippen LogP contribution < -0.4 is 0 Å². The Morgan fingerprint density at radius 1 is 0.875 bits per heavy atom. The Balaban J connectivity index is 1.99. The summed E-state index contributed by atoms with van der Waals surface area (Å²) in [6.07, 6.45) is 3.20. The van der Waals surface area contributed by atoms with Crippen molar-refractivity contribution in [1.82, 2.24) is 0 Å². The maximum atomic E-state index is 2.46. The molecule has 0 spiro atoms. The molecule has 0 aromatic heterocycles. The van der Waals surface area contributed by atoms with Gasteiger partial charge in [0.25, 0.3) is 0 Å². The molecule has 3 aliphatic rings. The summed E-state index contributed by atoms with van der Waals surface area (Å²) < 4.78 is 0. The highest BCUT2D eigenvalue weighted by Gasteiger charge is 2.65. The first-order valence-electron chi connectivity index (χ1n) is 3.88. The first kappa shape index (κ1) is 3.92. The molecule has 8 heavy (non-hydrogen) atoms. The average Bonchev–Trinajstić information content (AvgIpc) is 2.58. The van der Waals surface area contributed by atoms with Crippen LogP contribution in [0.1, 0.15) is 19.8 Å². The van der Waals surface area contributed by atoms with E-state index in [0.717, 1.165) is 5.92 Å². The summed E-state index contributed by atoms with van der Waals surface area (Å²) in [4.78, 5) is 0. The van der Waals surface area contributed by atoms with Gasteiger partial charge in [0.15, 0.2) is 0 Å². The fourth-order valence-corrected chi connectivity index (χ4v) is 2.98. The number of hydrogen-bond donors (Lipinski definition) is 0. The zero-order valence-corrected chi connectivity index (χ0v) is 5.30. The third-order valence-electron chi connectivity index (χ3n) is 3.68. The Labute approximate surface area is 50.3 Å². The topological polar surface area (TPSA) is 0 Å². The minimum absolute atomic E-state index is 1.13. The Bertz CT molecular complexity index is 113. The lowest BCUT2D eigenvalue weighted by molar-refractivity contribution is 0.474. The fraction of sp³-hybridized carbons (Fsp3) is 1.00. The average molecular weight is 108 g/mol. The minimum atomic E-state index is 1.13. The van der Waals surface area contributed by atoms with Crippen LogP contribution in [0.3, 0.4) is 0 Å². The largest absolute Gasteiger partial charge is 0.0620 e. The van der Waals surface area contributed by atoms with E-state index in [2.05, 4.69) is 6.92 Å². The number of rotatable bonds is 0. The first-order valence-corrected chi connectivity index (χ1v) is 3.88. The molecule has 0 heteroatoms. The van der Waals surface area contributed by atoms with E-state index in [-0.39, 0.29) is 0 Å². The Kier molecular flexibility index (Phi) is 0.427. The molecule has 0 aromatic carbocycles. The lowest BCUT2D eigenvalue weighted by Gasteiger charge is -2.01. The van der Waals surface area contributed by atoms with Gasteiger partial charge in [-0.3, -0.25) is 0 Å². The van der Waals surface area contributed by atoms with Crippen molar-refractivity contribution in [2.75, 3.05) is 0 Å². The lowest BCUT2D eigenvalue weighted by Crippen LogP contribution is -1.95. The molecule has 0 unspecified atom stereocenters. The van der Waals surface area contributed by atoms with Crippen LogP contribution in [0, 0.1) is 29.6 Å². The van der Waals surface area contributed by atoms with E-state index >= 15 is 0 Å². The maximum absolute atomic E-state index is 2.46. The summed E-state index contributed by atoms with van der Waals surface area (Å²) in [5.74, 6) is 6.01. The van der Waals surface area contributed by atoms with E-state index in [1.165, 1.54) is 23.7 Å². The molecule has 0 nitrogen and oxygen atoms in total. The molecular weight excluding hydrogens is 96.1 g/mol. The summed E-state index contributed by atoms with van der Waals surface area (Å²) in [7, 11) is 0. The molecular formula is C8H12. The van der Waals surface area contributed by atoms with Crippen LogP contribution in [0.4, 0.5) is 0 Å². The van der Waals surface area contributed by atoms with Crippen molar-refractivity contribution >= 4 is 0 Å². The summed E-state index contributed by atoms with van der Waals surface area (Å²) in [6.45, 7) is 2.46. The third kappa shape index (κ3) is 0.260. The Hall–Kier alpha value is 0. The smallest absolute Gasteiger partial charge is 0.0349 e. The van der Waals surface area contributed by atoms with Gasteiger partial charge in [-0.2, -0.15) is 0 Å². The van der Waals surface area contributed by atoms with E-state index in [0.29, 0.717) is 0 Å². The minimum Gasteiger partial charge on any atom is -0.0620 e. The molecule has 0 N–H and O–H groups in total. The molecule has 0 heterocycles. The van der Waals surface area contributed by atoms with Crippen LogP contribution in [0.2, 0.25) is 0 Å². The van der Waals surface area contributed by atoms with Crippen LogP contribution in [0.15, 0.2) is 0 Å². The second-order valence-electron chi connectivity index (χ2n) is 3.99. The molecule has 0 radical (unpaired) electrons. The van der Waals surface area contributed by atoms with Crippen molar-refractivity contribution in [2.45, 2.75) is 19.8 Å². The van der Waals surface area contributed by atoms with Crippen molar-refractivity contribution in [1.29, 1.82) is 0 Å². The summed E-state index contributed by atoms with van der Waals surface area (Å²) >= 11 is 0. The van der Waals surface area contributed by atoms with Gasteiger partial charge in [0.05, 0.1) is 0 Å². The van der Waals surface area contributed by atoms with Crippen molar-refractivity contribution < 1.29 is 0 Å². The van der Waals surface area contributed by atoms with Crippen LogP contribution in [-0.4, -0.2) is 0 Å². The van der Waals surface area contributed by atoms with E-state index < -0.39 is 0 Å². The molecule has 3 saturated carbocycles. The molecule has 3 rings (SSSR count). The molecule has 0 aliphatic heterocycles. The third-order valence-corrected chi connectivity index (χ3v) is 3.68. The van der Waals surface area contributed by atoms with Crippen molar-refractivity contribution in [3.63, 3.8) is 0 Å². The molecule has 3 aliphatic carbocycles. The summed E-state index contributed by atoms with van der Waals surface area (Å²) in [5.41, 5.74) is 0. The molecule has 3 fully saturated rings. The van der Waals surface area contributed by atoms with Gasteiger partial charge < -0.3 is 0 Å². The van der Waals surface area contributed by atoms with Crippen LogP contribution >= 0.6 is 0 Å². The SMILES string of the molecule is CC1[C@H]2C[C@@H]2[C@H]2C[C@H]12. The molecule has 44 valence electrons. The van der Waals surface area contributed by atoms with E-state index in [1.807, 2.05) is 0 Å². The Morgan fingerprint density at radius 2 is 1.38 bits per heavy atom. The van der Waals surface area contributed by atoms with Gasteiger partial charge in [0.1, 0.15) is 0 Å². The first-order chi connectivity index (χ1) is 3.88. The summed E-state index contributed by atoms with van der Waals surface area (Å²) in [5, 5.41) is 0. The molecule has 0 saturated heterocycles. The fourth-order valence-electron chi connectivity index (χ4n) is 2.98. The monoisotopic (exact) mass is 108 g/mol. The second kappa shape index (κ2) is 0.872. The van der Waals surface area contributed by atoms with E-state index in [9.17, 15) is 0 Å². The molecule has 4 atom stereocenters. The quantitative estimate of drug-likeness (QED) is 0.444. The van der Waals surface area contributed by atoms with Gasteiger partial charge in [0.2, 0.25) is 0 Å². The van der Waals surface area contributed by atoms with E-state index in [4.69, 9.17) is 0 Å². The van der Waals surface area contributed by atoms with Crippen LogP contribution in [0.5, 0.6) is 0 Å². The maximum Gasteiger partial charge on any atom is -0.0349 e. The Morgan fingerprint density at radius 3 is 1.62 bits per heavy atom. The number of hydrogen-bond acceptors (Lipinski definition) is 0. The number of fused-ring (bicyclic) bond motifs is 3. The van der Waals surface area contributed by atoms with E-state index in [1.54, 1.807) is 12.8 Å².